The van der Waals surface area contributed by atoms with E-state index in [0.717, 1.165) is 48.4 Å². The van der Waals surface area contributed by atoms with Gasteiger partial charge in [-0.2, -0.15) is 0 Å². The summed E-state index contributed by atoms with van der Waals surface area (Å²) in [5.74, 6) is 0.660. The van der Waals surface area contributed by atoms with Gasteiger partial charge in [-0.05, 0) is 37.1 Å². The predicted molar refractivity (Wildman–Crippen MR) is 92.5 cm³/mol. The molecule has 1 aliphatic rings. The van der Waals surface area contributed by atoms with Crippen molar-refractivity contribution >= 4 is 0 Å². The summed E-state index contributed by atoms with van der Waals surface area (Å²) < 4.78 is 20.1. The first-order valence-electron chi connectivity index (χ1n) is 8.55. The summed E-state index contributed by atoms with van der Waals surface area (Å²) >= 11 is 0. The fraction of sp³-hybridized carbons (Fsp3) is 0.421. The van der Waals surface area contributed by atoms with Crippen LogP contribution in [0.3, 0.4) is 0 Å². The molecule has 4 nitrogen and oxygen atoms in total. The Balaban J connectivity index is 1.63. The van der Waals surface area contributed by atoms with Crippen molar-refractivity contribution in [2.75, 3.05) is 13.1 Å². The third kappa shape index (κ3) is 4.10. The highest BCUT2D eigenvalue weighted by molar-refractivity contribution is 5.31. The van der Waals surface area contributed by atoms with Crippen LogP contribution in [-0.4, -0.2) is 24.2 Å². The van der Waals surface area contributed by atoms with Gasteiger partial charge < -0.3 is 15.4 Å². The van der Waals surface area contributed by atoms with Gasteiger partial charge >= 0.3 is 0 Å². The van der Waals surface area contributed by atoms with Gasteiger partial charge in [0.15, 0.2) is 0 Å². The molecular formula is C19H24FN3O. The summed E-state index contributed by atoms with van der Waals surface area (Å²) in [6, 6.07) is 7.22. The molecule has 1 fully saturated rings. The Morgan fingerprint density at radius 2 is 2.21 bits per heavy atom. The van der Waals surface area contributed by atoms with Crippen LogP contribution in [0.2, 0.25) is 0 Å². The number of nitrogens with one attached hydrogen (secondary N) is 2. The second kappa shape index (κ2) is 8.22. The zero-order valence-electron chi connectivity index (χ0n) is 14.0. The van der Waals surface area contributed by atoms with Gasteiger partial charge in [0.1, 0.15) is 17.7 Å². The fourth-order valence-electron chi connectivity index (χ4n) is 3.02. The first-order valence-corrected chi connectivity index (χ1v) is 8.55. The van der Waals surface area contributed by atoms with E-state index in [9.17, 15) is 4.39 Å². The molecule has 24 heavy (non-hydrogen) atoms. The van der Waals surface area contributed by atoms with E-state index in [4.69, 9.17) is 4.74 Å². The number of pyridine rings is 1. The maximum absolute atomic E-state index is 14.0. The van der Waals surface area contributed by atoms with E-state index in [2.05, 4.69) is 15.6 Å². The second-order valence-electron chi connectivity index (χ2n) is 6.05. The van der Waals surface area contributed by atoms with Crippen molar-refractivity contribution in [3.8, 4) is 5.75 Å². The zero-order valence-corrected chi connectivity index (χ0v) is 14.0. The minimum absolute atomic E-state index is 0.148. The average molecular weight is 329 g/mol. The molecule has 1 aliphatic heterocycles. The molecule has 0 unspecified atom stereocenters. The van der Waals surface area contributed by atoms with E-state index in [1.165, 1.54) is 6.07 Å². The summed E-state index contributed by atoms with van der Waals surface area (Å²) in [4.78, 5) is 4.16. The van der Waals surface area contributed by atoms with Gasteiger partial charge in [-0.1, -0.05) is 19.1 Å². The smallest absolute Gasteiger partial charge is 0.142 e. The summed E-state index contributed by atoms with van der Waals surface area (Å²) in [5, 5.41) is 6.63. The molecule has 0 spiro atoms. The minimum atomic E-state index is -0.148. The predicted octanol–water partition coefficient (Wildman–Crippen LogP) is 2.81. The van der Waals surface area contributed by atoms with Crippen molar-refractivity contribution in [3.05, 3.63) is 59.2 Å². The molecule has 3 rings (SSSR count). The molecular weight excluding hydrogens is 305 g/mol. The molecule has 1 saturated heterocycles. The normalized spacial score (nSPS) is 17.2. The van der Waals surface area contributed by atoms with Gasteiger partial charge in [-0.25, -0.2) is 4.39 Å². The van der Waals surface area contributed by atoms with Crippen molar-refractivity contribution < 1.29 is 9.13 Å². The molecule has 1 atom stereocenters. The number of halogens is 1. The van der Waals surface area contributed by atoms with E-state index < -0.39 is 0 Å². The molecule has 1 aromatic heterocycles. The lowest BCUT2D eigenvalue weighted by atomic mass is 10.0. The Labute approximate surface area is 142 Å². The van der Waals surface area contributed by atoms with Crippen LogP contribution < -0.4 is 15.4 Å². The van der Waals surface area contributed by atoms with E-state index in [1.54, 1.807) is 18.5 Å². The molecule has 128 valence electrons. The highest BCUT2D eigenvalue weighted by Crippen LogP contribution is 2.20. The van der Waals surface area contributed by atoms with Crippen LogP contribution >= 0.6 is 0 Å². The van der Waals surface area contributed by atoms with Gasteiger partial charge in [-0.3, -0.25) is 4.98 Å². The molecule has 0 radical (unpaired) electrons. The number of hydrogen-bond donors (Lipinski definition) is 2. The largest absolute Gasteiger partial charge is 0.487 e. The standard InChI is InChI=1S/C19H24FN3O/c1-2-14-4-3-5-18(20)17(14)12-23-10-15-6-8-22-13-19(15)24-16-7-9-21-11-16/h3-6,8,13,16,21,23H,2,7,9-12H2,1H3/t16-/m0/s1. The number of hydrogen-bond acceptors (Lipinski definition) is 4. The number of aryl methyl sites for hydroxylation is 1. The minimum Gasteiger partial charge on any atom is -0.487 e. The number of benzene rings is 1. The third-order valence-electron chi connectivity index (χ3n) is 4.39. The fourth-order valence-corrected chi connectivity index (χ4v) is 3.02. The topological polar surface area (TPSA) is 46.2 Å². The van der Waals surface area contributed by atoms with Crippen LogP contribution in [0.15, 0.2) is 36.7 Å². The Bertz CT molecular complexity index is 671. The van der Waals surface area contributed by atoms with E-state index in [1.807, 2.05) is 19.1 Å². The maximum Gasteiger partial charge on any atom is 0.142 e. The first-order chi connectivity index (χ1) is 11.8. The Hall–Kier alpha value is -1.98. The number of aromatic nitrogens is 1. The Morgan fingerprint density at radius 3 is 3.00 bits per heavy atom. The molecule has 2 heterocycles. The highest BCUT2D eigenvalue weighted by atomic mass is 19.1. The lowest BCUT2D eigenvalue weighted by Gasteiger charge is -2.16. The SMILES string of the molecule is CCc1cccc(F)c1CNCc1ccncc1O[C@H]1CCNC1. The summed E-state index contributed by atoms with van der Waals surface area (Å²) in [7, 11) is 0. The van der Waals surface area contributed by atoms with Gasteiger partial charge in [0.05, 0.1) is 6.20 Å². The molecule has 0 bridgehead atoms. The van der Waals surface area contributed by atoms with E-state index in [0.29, 0.717) is 13.1 Å². The molecule has 0 amide bonds. The van der Waals surface area contributed by atoms with Crippen molar-refractivity contribution in [2.24, 2.45) is 0 Å². The average Bonchev–Trinajstić information content (AvgIpc) is 3.11. The quantitative estimate of drug-likeness (QED) is 0.820. The summed E-state index contributed by atoms with van der Waals surface area (Å²) in [6.45, 7) is 5.03. The lowest BCUT2D eigenvalue weighted by molar-refractivity contribution is 0.219. The van der Waals surface area contributed by atoms with E-state index in [-0.39, 0.29) is 11.9 Å². The highest BCUT2D eigenvalue weighted by Gasteiger charge is 2.17. The maximum atomic E-state index is 14.0. The monoisotopic (exact) mass is 329 g/mol. The molecule has 5 heteroatoms. The molecule has 2 aromatic rings. The lowest BCUT2D eigenvalue weighted by Crippen LogP contribution is -2.21. The van der Waals surface area contributed by atoms with Crippen molar-refractivity contribution in [1.29, 1.82) is 0 Å². The van der Waals surface area contributed by atoms with Crippen molar-refractivity contribution in [2.45, 2.75) is 39.0 Å². The van der Waals surface area contributed by atoms with Gasteiger partial charge in [-0.15, -0.1) is 0 Å². The zero-order chi connectivity index (χ0) is 16.8. The van der Waals surface area contributed by atoms with Gasteiger partial charge in [0.25, 0.3) is 0 Å². The number of rotatable bonds is 7. The number of ether oxygens (including phenoxy) is 1. The van der Waals surface area contributed by atoms with Crippen molar-refractivity contribution in [3.63, 3.8) is 0 Å². The van der Waals surface area contributed by atoms with Crippen LogP contribution in [0.4, 0.5) is 4.39 Å². The second-order valence-corrected chi connectivity index (χ2v) is 6.05. The molecule has 0 saturated carbocycles. The van der Waals surface area contributed by atoms with Gasteiger partial charge in [0.2, 0.25) is 0 Å². The van der Waals surface area contributed by atoms with Gasteiger partial charge in [0, 0.05) is 37.0 Å². The first kappa shape index (κ1) is 16.9. The van der Waals surface area contributed by atoms with E-state index >= 15 is 0 Å². The summed E-state index contributed by atoms with van der Waals surface area (Å²) in [5.41, 5.74) is 2.84. The van der Waals surface area contributed by atoms with Crippen LogP contribution in [0.25, 0.3) is 0 Å². The Morgan fingerprint density at radius 1 is 1.29 bits per heavy atom. The van der Waals surface area contributed by atoms with Crippen molar-refractivity contribution in [1.82, 2.24) is 15.6 Å². The molecule has 1 aromatic carbocycles. The van der Waals surface area contributed by atoms with Crippen LogP contribution in [0, 0.1) is 5.82 Å². The number of nitrogens with zero attached hydrogens (tertiary/aromatic N) is 1. The van der Waals surface area contributed by atoms with Crippen LogP contribution in [-0.2, 0) is 19.5 Å². The summed E-state index contributed by atoms with van der Waals surface area (Å²) in [6.07, 6.45) is 5.56. The van der Waals surface area contributed by atoms with Crippen LogP contribution in [0.5, 0.6) is 5.75 Å². The third-order valence-corrected chi connectivity index (χ3v) is 4.39. The Kier molecular flexibility index (Phi) is 5.77. The molecule has 0 aliphatic carbocycles. The molecule has 2 N–H and O–H groups in total. The van der Waals surface area contributed by atoms with Crippen LogP contribution in [0.1, 0.15) is 30.0 Å².